The zero-order valence-corrected chi connectivity index (χ0v) is 10.0. The summed E-state index contributed by atoms with van der Waals surface area (Å²) in [4.78, 5) is 14.1. The number of piperidine rings is 1. The Kier molecular flexibility index (Phi) is 2.80. The Hall–Kier alpha value is -1.46. The van der Waals surface area contributed by atoms with Crippen LogP contribution in [0.2, 0.25) is 0 Å². The van der Waals surface area contributed by atoms with Crippen molar-refractivity contribution in [3.05, 3.63) is 29.6 Å². The summed E-state index contributed by atoms with van der Waals surface area (Å²) in [5.74, 6) is -0.408. The van der Waals surface area contributed by atoms with Crippen LogP contribution in [-0.2, 0) is 4.79 Å². The van der Waals surface area contributed by atoms with Crippen molar-refractivity contribution in [1.82, 2.24) is 4.90 Å². The lowest BCUT2D eigenvalue weighted by molar-refractivity contribution is -0.121. The summed E-state index contributed by atoms with van der Waals surface area (Å²) in [5, 5.41) is 2.74. The molecular weight excluding hydrogens is 233 g/mol. The molecule has 2 unspecified atom stereocenters. The van der Waals surface area contributed by atoms with Gasteiger partial charge in [-0.15, -0.1) is 0 Å². The summed E-state index contributed by atoms with van der Waals surface area (Å²) in [5.41, 5.74) is 7.39. The normalized spacial score (nSPS) is 28.0. The first-order valence-corrected chi connectivity index (χ1v) is 6.25. The molecule has 1 fully saturated rings. The highest BCUT2D eigenvalue weighted by Crippen LogP contribution is 2.36. The Morgan fingerprint density at radius 1 is 1.44 bits per heavy atom. The van der Waals surface area contributed by atoms with Gasteiger partial charge >= 0.3 is 0 Å². The molecule has 5 heteroatoms. The predicted molar refractivity (Wildman–Crippen MR) is 66.6 cm³/mol. The van der Waals surface area contributed by atoms with Crippen molar-refractivity contribution in [3.8, 4) is 0 Å². The Bertz CT molecular complexity index is 491. The van der Waals surface area contributed by atoms with Crippen molar-refractivity contribution in [1.29, 1.82) is 0 Å². The lowest BCUT2D eigenvalue weighted by Gasteiger charge is -2.34. The second-order valence-corrected chi connectivity index (χ2v) is 5.02. The van der Waals surface area contributed by atoms with Crippen LogP contribution >= 0.6 is 0 Å². The van der Waals surface area contributed by atoms with Crippen molar-refractivity contribution in [2.24, 2.45) is 5.73 Å². The van der Waals surface area contributed by atoms with E-state index in [1.165, 1.54) is 12.1 Å². The SMILES string of the molecule is NC1CCCN(C2C(=O)Nc3cc(F)ccc32)C1. The number of likely N-dealkylation sites (tertiary alicyclic amines) is 1. The molecule has 0 saturated carbocycles. The first-order valence-electron chi connectivity index (χ1n) is 6.25. The summed E-state index contributed by atoms with van der Waals surface area (Å²) < 4.78 is 13.1. The standard InChI is InChI=1S/C13H16FN3O/c14-8-3-4-10-11(6-8)16-13(18)12(10)17-5-1-2-9(15)7-17/h3-4,6,9,12H,1-2,5,7,15H2,(H,16,18). The highest BCUT2D eigenvalue weighted by atomic mass is 19.1. The average Bonchev–Trinajstić information content (AvgIpc) is 2.64. The van der Waals surface area contributed by atoms with Crippen molar-refractivity contribution in [2.45, 2.75) is 24.9 Å². The molecule has 4 nitrogen and oxygen atoms in total. The molecule has 2 aliphatic heterocycles. The van der Waals surface area contributed by atoms with Gasteiger partial charge in [-0.2, -0.15) is 0 Å². The van der Waals surface area contributed by atoms with Crippen LogP contribution in [0.3, 0.4) is 0 Å². The van der Waals surface area contributed by atoms with E-state index < -0.39 is 0 Å². The maximum Gasteiger partial charge on any atom is 0.246 e. The zero-order valence-electron chi connectivity index (χ0n) is 10.0. The van der Waals surface area contributed by atoms with E-state index in [1.807, 2.05) is 0 Å². The van der Waals surface area contributed by atoms with Gasteiger partial charge in [0.2, 0.25) is 5.91 Å². The van der Waals surface area contributed by atoms with Gasteiger partial charge in [-0.1, -0.05) is 6.07 Å². The average molecular weight is 249 g/mol. The summed E-state index contributed by atoms with van der Waals surface area (Å²) in [6, 6.07) is 4.27. The van der Waals surface area contributed by atoms with Gasteiger partial charge in [-0.05, 0) is 31.5 Å². The van der Waals surface area contributed by atoms with E-state index in [9.17, 15) is 9.18 Å². The number of anilines is 1. The van der Waals surface area contributed by atoms with Crippen molar-refractivity contribution < 1.29 is 9.18 Å². The van der Waals surface area contributed by atoms with E-state index in [0.717, 1.165) is 31.5 Å². The summed E-state index contributed by atoms with van der Waals surface area (Å²) in [7, 11) is 0. The van der Waals surface area contributed by atoms with Crippen LogP contribution in [0.5, 0.6) is 0 Å². The molecule has 3 N–H and O–H groups in total. The fourth-order valence-corrected chi connectivity index (χ4v) is 2.85. The predicted octanol–water partition coefficient (Wildman–Crippen LogP) is 1.24. The molecule has 0 radical (unpaired) electrons. The third-order valence-corrected chi connectivity index (χ3v) is 3.67. The summed E-state index contributed by atoms with van der Waals surface area (Å²) in [6.45, 7) is 1.58. The minimum absolute atomic E-state index is 0.0790. The number of amides is 1. The lowest BCUT2D eigenvalue weighted by atomic mass is 10.0. The zero-order chi connectivity index (χ0) is 12.7. The Labute approximate surface area is 105 Å². The Morgan fingerprint density at radius 2 is 2.28 bits per heavy atom. The van der Waals surface area contributed by atoms with E-state index in [4.69, 9.17) is 5.73 Å². The quantitative estimate of drug-likeness (QED) is 0.787. The maximum atomic E-state index is 13.1. The van der Waals surface area contributed by atoms with E-state index in [-0.39, 0.29) is 23.8 Å². The van der Waals surface area contributed by atoms with Gasteiger partial charge in [0.15, 0.2) is 0 Å². The molecule has 1 aromatic carbocycles. The molecule has 0 aromatic heterocycles. The van der Waals surface area contributed by atoms with Gasteiger partial charge in [0.25, 0.3) is 0 Å². The Balaban J connectivity index is 1.91. The van der Waals surface area contributed by atoms with E-state index in [0.29, 0.717) is 5.69 Å². The highest BCUT2D eigenvalue weighted by molar-refractivity contribution is 6.02. The number of nitrogens with two attached hydrogens (primary N) is 1. The summed E-state index contributed by atoms with van der Waals surface area (Å²) in [6.07, 6.45) is 2.00. The number of carbonyl (C=O) groups is 1. The topological polar surface area (TPSA) is 58.4 Å². The second-order valence-electron chi connectivity index (χ2n) is 5.02. The van der Waals surface area contributed by atoms with Crippen LogP contribution in [-0.4, -0.2) is 29.9 Å². The monoisotopic (exact) mass is 249 g/mol. The molecule has 2 atom stereocenters. The largest absolute Gasteiger partial charge is 0.327 e. The van der Waals surface area contributed by atoms with Crippen molar-refractivity contribution >= 4 is 11.6 Å². The number of nitrogens with zero attached hydrogens (tertiary/aromatic N) is 1. The lowest BCUT2D eigenvalue weighted by Crippen LogP contribution is -2.46. The number of carbonyl (C=O) groups excluding carboxylic acids is 1. The Morgan fingerprint density at radius 3 is 3.06 bits per heavy atom. The summed E-state index contributed by atoms with van der Waals surface area (Å²) >= 11 is 0. The molecule has 1 aromatic rings. The van der Waals surface area contributed by atoms with E-state index in [1.54, 1.807) is 6.07 Å². The van der Waals surface area contributed by atoms with Gasteiger partial charge in [-0.3, -0.25) is 9.69 Å². The molecule has 0 spiro atoms. The minimum atomic E-state index is -0.329. The van der Waals surface area contributed by atoms with E-state index >= 15 is 0 Å². The van der Waals surface area contributed by atoms with Crippen LogP contribution in [0.1, 0.15) is 24.4 Å². The third kappa shape index (κ3) is 1.89. The van der Waals surface area contributed by atoms with Gasteiger partial charge < -0.3 is 11.1 Å². The molecule has 96 valence electrons. The molecule has 0 bridgehead atoms. The van der Waals surface area contributed by atoms with Crippen molar-refractivity contribution in [2.75, 3.05) is 18.4 Å². The maximum absolute atomic E-state index is 13.1. The molecule has 0 aliphatic carbocycles. The fraction of sp³-hybridized carbons (Fsp3) is 0.462. The number of nitrogens with one attached hydrogen (secondary N) is 1. The molecule has 1 saturated heterocycles. The van der Waals surface area contributed by atoms with Gasteiger partial charge in [0, 0.05) is 23.8 Å². The second kappa shape index (κ2) is 4.33. The number of fused-ring (bicyclic) bond motifs is 1. The van der Waals surface area contributed by atoms with Crippen LogP contribution < -0.4 is 11.1 Å². The fourth-order valence-electron chi connectivity index (χ4n) is 2.85. The molecule has 1 amide bonds. The third-order valence-electron chi connectivity index (χ3n) is 3.67. The van der Waals surface area contributed by atoms with Crippen LogP contribution in [0.25, 0.3) is 0 Å². The van der Waals surface area contributed by atoms with Crippen molar-refractivity contribution in [3.63, 3.8) is 0 Å². The van der Waals surface area contributed by atoms with Crippen LogP contribution in [0, 0.1) is 5.82 Å². The smallest absolute Gasteiger partial charge is 0.246 e. The molecule has 2 aliphatic rings. The number of rotatable bonds is 1. The molecule has 18 heavy (non-hydrogen) atoms. The highest BCUT2D eigenvalue weighted by Gasteiger charge is 2.37. The van der Waals surface area contributed by atoms with Gasteiger partial charge in [-0.25, -0.2) is 4.39 Å². The van der Waals surface area contributed by atoms with Crippen LogP contribution in [0.15, 0.2) is 18.2 Å². The number of hydrogen-bond donors (Lipinski definition) is 2. The molecular formula is C13H16FN3O. The molecule has 3 rings (SSSR count). The number of halogens is 1. The minimum Gasteiger partial charge on any atom is -0.327 e. The number of benzene rings is 1. The first kappa shape index (κ1) is 11.6. The van der Waals surface area contributed by atoms with Gasteiger partial charge in [0.05, 0.1) is 0 Å². The van der Waals surface area contributed by atoms with Crippen LogP contribution in [0.4, 0.5) is 10.1 Å². The number of hydrogen-bond acceptors (Lipinski definition) is 3. The van der Waals surface area contributed by atoms with Gasteiger partial charge in [0.1, 0.15) is 11.9 Å². The first-order chi connectivity index (χ1) is 8.65. The van der Waals surface area contributed by atoms with E-state index in [2.05, 4.69) is 10.2 Å². The molecule has 2 heterocycles.